The van der Waals surface area contributed by atoms with Crippen molar-refractivity contribution in [2.75, 3.05) is 0 Å². The third-order valence-electron chi connectivity index (χ3n) is 4.33. The molecule has 0 spiro atoms. The first-order valence-electron chi connectivity index (χ1n) is 8.30. The van der Waals surface area contributed by atoms with E-state index in [-0.39, 0.29) is 10.5 Å². The lowest BCUT2D eigenvalue weighted by Crippen LogP contribution is -2.16. The minimum absolute atomic E-state index is 0.123. The Balaban J connectivity index is 2.11. The van der Waals surface area contributed by atoms with E-state index in [1.165, 1.54) is 23.5 Å². The molecule has 27 heavy (non-hydrogen) atoms. The number of halogens is 1. The Morgan fingerprint density at radius 1 is 1.22 bits per heavy atom. The summed E-state index contributed by atoms with van der Waals surface area (Å²) < 4.78 is 27.4. The fourth-order valence-electron chi connectivity index (χ4n) is 2.74. The van der Waals surface area contributed by atoms with Gasteiger partial charge in [-0.05, 0) is 50.6 Å². The molecule has 0 fully saturated rings. The minimum Gasteiger partial charge on any atom is -0.319 e. The summed E-state index contributed by atoms with van der Waals surface area (Å²) >= 11 is 7.60. The molecule has 3 aromatic rings. The molecule has 0 saturated heterocycles. The Morgan fingerprint density at radius 3 is 2.56 bits per heavy atom. The van der Waals surface area contributed by atoms with Gasteiger partial charge in [0.25, 0.3) is 5.91 Å². The summed E-state index contributed by atoms with van der Waals surface area (Å²) in [5.74, 6) is -0.494. The van der Waals surface area contributed by atoms with Crippen LogP contribution in [0, 0.1) is 6.92 Å². The molecule has 142 valence electrons. The molecule has 1 heterocycles. The van der Waals surface area contributed by atoms with Crippen LogP contribution in [0.4, 0.5) is 0 Å². The zero-order valence-corrected chi connectivity index (χ0v) is 17.7. The molecule has 3 rings (SSSR count). The van der Waals surface area contributed by atoms with E-state index >= 15 is 0 Å². The number of nitrogens with zero attached hydrogens (tertiary/aromatic N) is 2. The molecule has 0 aliphatic carbocycles. The van der Waals surface area contributed by atoms with E-state index in [1.54, 1.807) is 26.0 Å². The molecule has 0 atom stereocenters. The fraction of sp³-hybridized carbons (Fsp3) is 0.263. The second kappa shape index (κ2) is 7.22. The molecule has 0 bridgehead atoms. The Bertz CT molecular complexity index is 1220. The van der Waals surface area contributed by atoms with E-state index in [0.717, 1.165) is 15.8 Å². The summed E-state index contributed by atoms with van der Waals surface area (Å²) in [7, 11) is -1.63. The number of thiazole rings is 1. The van der Waals surface area contributed by atoms with Crippen molar-refractivity contribution >= 4 is 48.9 Å². The molecule has 0 unspecified atom stereocenters. The Labute approximate surface area is 166 Å². The molecule has 1 amide bonds. The standard InChI is InChI=1S/C19H19ClN2O3S2/c1-11(2)27(24,25)14-7-5-6-13(10-14)18(23)21-19-22(4)16-12(3)8-9-15(20)17(16)26-19/h5-11H,1-4H3. The van der Waals surface area contributed by atoms with E-state index < -0.39 is 21.0 Å². The second-order valence-electron chi connectivity index (χ2n) is 6.52. The predicted molar refractivity (Wildman–Crippen MR) is 109 cm³/mol. The number of carbonyl (C=O) groups is 1. The SMILES string of the molecule is Cc1ccc(Cl)c2sc(=NC(=O)c3cccc(S(=O)(=O)C(C)C)c3)n(C)c12. The van der Waals surface area contributed by atoms with Gasteiger partial charge >= 0.3 is 0 Å². The van der Waals surface area contributed by atoms with Crippen molar-refractivity contribution in [1.29, 1.82) is 0 Å². The number of hydrogen-bond acceptors (Lipinski definition) is 4. The van der Waals surface area contributed by atoms with Crippen LogP contribution in [0.15, 0.2) is 46.3 Å². The average Bonchev–Trinajstić information content (AvgIpc) is 2.96. The van der Waals surface area contributed by atoms with Crippen LogP contribution in [-0.4, -0.2) is 24.1 Å². The van der Waals surface area contributed by atoms with Gasteiger partial charge in [0.1, 0.15) is 0 Å². The minimum atomic E-state index is -3.46. The van der Waals surface area contributed by atoms with Crippen LogP contribution in [0.25, 0.3) is 10.2 Å². The van der Waals surface area contributed by atoms with Crippen LogP contribution in [0.2, 0.25) is 5.02 Å². The first-order chi connectivity index (χ1) is 12.6. The van der Waals surface area contributed by atoms with Crippen molar-refractivity contribution in [2.24, 2.45) is 12.0 Å². The maximum Gasteiger partial charge on any atom is 0.279 e. The third-order valence-corrected chi connectivity index (χ3v) is 8.07. The molecular weight excluding hydrogens is 404 g/mol. The third kappa shape index (κ3) is 3.59. The lowest BCUT2D eigenvalue weighted by Gasteiger charge is -2.08. The Hall–Kier alpha value is -1.96. The van der Waals surface area contributed by atoms with E-state index in [2.05, 4.69) is 4.99 Å². The normalized spacial score (nSPS) is 12.9. The highest BCUT2D eigenvalue weighted by atomic mass is 35.5. The Kier molecular flexibility index (Phi) is 5.29. The zero-order chi connectivity index (χ0) is 19.9. The first kappa shape index (κ1) is 19.8. The summed E-state index contributed by atoms with van der Waals surface area (Å²) in [5, 5.41) is 0.0421. The number of aromatic nitrogens is 1. The number of hydrogen-bond donors (Lipinski definition) is 0. The number of carbonyl (C=O) groups excluding carboxylic acids is 1. The zero-order valence-electron chi connectivity index (χ0n) is 15.4. The van der Waals surface area contributed by atoms with Crippen molar-refractivity contribution in [3.8, 4) is 0 Å². The van der Waals surface area contributed by atoms with Gasteiger partial charge in [-0.15, -0.1) is 0 Å². The van der Waals surface area contributed by atoms with Gasteiger partial charge < -0.3 is 4.57 Å². The van der Waals surface area contributed by atoms with E-state index in [0.29, 0.717) is 9.82 Å². The van der Waals surface area contributed by atoms with Crippen molar-refractivity contribution in [3.63, 3.8) is 0 Å². The lowest BCUT2D eigenvalue weighted by molar-refractivity contribution is 0.0997. The molecule has 8 heteroatoms. The molecule has 1 aromatic heterocycles. The smallest absolute Gasteiger partial charge is 0.279 e. The fourth-order valence-corrected chi connectivity index (χ4v) is 5.21. The van der Waals surface area contributed by atoms with Crippen LogP contribution < -0.4 is 4.80 Å². The molecule has 0 aliphatic heterocycles. The van der Waals surface area contributed by atoms with Crippen molar-refractivity contribution < 1.29 is 13.2 Å². The van der Waals surface area contributed by atoms with Gasteiger partial charge in [0, 0.05) is 12.6 Å². The van der Waals surface area contributed by atoms with Crippen LogP contribution >= 0.6 is 22.9 Å². The highest BCUT2D eigenvalue weighted by molar-refractivity contribution is 7.92. The van der Waals surface area contributed by atoms with Crippen LogP contribution in [0.1, 0.15) is 29.8 Å². The molecule has 0 N–H and O–H groups in total. The number of benzene rings is 2. The topological polar surface area (TPSA) is 68.5 Å². The summed E-state index contributed by atoms with van der Waals surface area (Å²) in [6.07, 6.45) is 0. The van der Waals surface area contributed by atoms with Crippen LogP contribution in [0.3, 0.4) is 0 Å². The van der Waals surface area contributed by atoms with Gasteiger partial charge in [-0.3, -0.25) is 4.79 Å². The summed E-state index contributed by atoms with van der Waals surface area (Å²) in [6.45, 7) is 5.19. The molecule has 2 aromatic carbocycles. The Morgan fingerprint density at radius 2 is 1.93 bits per heavy atom. The molecule has 0 aliphatic rings. The monoisotopic (exact) mass is 422 g/mol. The molecular formula is C19H19ClN2O3S2. The number of rotatable bonds is 3. The van der Waals surface area contributed by atoms with Gasteiger partial charge in [-0.1, -0.05) is 35.1 Å². The van der Waals surface area contributed by atoms with E-state index in [9.17, 15) is 13.2 Å². The lowest BCUT2D eigenvalue weighted by atomic mass is 10.2. The first-order valence-corrected chi connectivity index (χ1v) is 11.0. The number of aryl methyl sites for hydroxylation is 2. The van der Waals surface area contributed by atoms with Gasteiger partial charge in [-0.2, -0.15) is 4.99 Å². The predicted octanol–water partition coefficient (Wildman–Crippen LogP) is 4.12. The van der Waals surface area contributed by atoms with E-state index in [1.807, 2.05) is 30.7 Å². The van der Waals surface area contributed by atoms with Gasteiger partial charge in [0.05, 0.1) is 25.4 Å². The highest BCUT2D eigenvalue weighted by Crippen LogP contribution is 2.28. The number of sulfone groups is 1. The van der Waals surface area contributed by atoms with Gasteiger partial charge in [-0.25, -0.2) is 8.42 Å². The summed E-state index contributed by atoms with van der Waals surface area (Å²) in [4.78, 5) is 17.5. The van der Waals surface area contributed by atoms with Gasteiger partial charge in [0.2, 0.25) is 0 Å². The maximum absolute atomic E-state index is 12.7. The average molecular weight is 423 g/mol. The summed E-state index contributed by atoms with van der Waals surface area (Å²) in [6, 6.07) is 9.74. The number of amides is 1. The largest absolute Gasteiger partial charge is 0.319 e. The van der Waals surface area contributed by atoms with Crippen molar-refractivity contribution in [3.05, 3.63) is 57.3 Å². The molecule has 0 saturated carbocycles. The van der Waals surface area contributed by atoms with E-state index in [4.69, 9.17) is 11.6 Å². The second-order valence-corrected chi connectivity index (χ2v) is 10.4. The number of fused-ring (bicyclic) bond motifs is 1. The van der Waals surface area contributed by atoms with Crippen molar-refractivity contribution in [2.45, 2.75) is 30.9 Å². The van der Waals surface area contributed by atoms with Crippen LogP contribution in [0.5, 0.6) is 0 Å². The maximum atomic E-state index is 12.7. The highest BCUT2D eigenvalue weighted by Gasteiger charge is 2.20. The van der Waals surface area contributed by atoms with Crippen LogP contribution in [-0.2, 0) is 16.9 Å². The molecule has 5 nitrogen and oxygen atoms in total. The van der Waals surface area contributed by atoms with Gasteiger partial charge in [0.15, 0.2) is 14.6 Å². The molecule has 0 radical (unpaired) electrons. The van der Waals surface area contributed by atoms with Crippen molar-refractivity contribution in [1.82, 2.24) is 4.57 Å². The quantitative estimate of drug-likeness (QED) is 0.637. The summed E-state index contributed by atoms with van der Waals surface area (Å²) in [5.41, 5.74) is 2.19.